The highest BCUT2D eigenvalue weighted by Crippen LogP contribution is 2.36. The van der Waals surface area contributed by atoms with Crippen LogP contribution in [0, 0.1) is 39.9 Å². The smallest absolute Gasteiger partial charge is 0.330 e. The maximum atomic E-state index is 11.5. The van der Waals surface area contributed by atoms with Crippen molar-refractivity contribution >= 4 is 35.4 Å². The Hall–Kier alpha value is -4.98. The summed E-state index contributed by atoms with van der Waals surface area (Å²) in [5.41, 5.74) is 0.734. The Labute approximate surface area is 369 Å². The summed E-state index contributed by atoms with van der Waals surface area (Å²) >= 11 is 0. The van der Waals surface area contributed by atoms with Crippen LogP contribution in [0.15, 0.2) is 73.9 Å². The van der Waals surface area contributed by atoms with Crippen LogP contribution in [0.25, 0.3) is 0 Å². The third-order valence-corrected chi connectivity index (χ3v) is 11.5. The number of ether oxygens (including phenoxy) is 6. The van der Waals surface area contributed by atoms with Crippen LogP contribution in [0.5, 0.6) is 0 Å². The van der Waals surface area contributed by atoms with Crippen molar-refractivity contribution in [1.82, 2.24) is 10.6 Å². The molecule has 0 radical (unpaired) electrons. The molecular weight excluding hydrogens is 791 g/mol. The van der Waals surface area contributed by atoms with E-state index in [2.05, 4.69) is 36.9 Å². The summed E-state index contributed by atoms with van der Waals surface area (Å²) in [5, 5.41) is 32.4. The Kier molecular flexibility index (Phi) is 25.0. The Bertz CT molecular complexity index is 1570. The second-order valence-corrected chi connectivity index (χ2v) is 16.2. The first-order valence-electron chi connectivity index (χ1n) is 22.7. The van der Waals surface area contributed by atoms with Crippen LogP contribution in [0.4, 0.5) is 0 Å². The largest absolute Gasteiger partial charge is 0.481 e. The molecule has 0 bridgehead atoms. The zero-order valence-corrected chi connectivity index (χ0v) is 37.0. The van der Waals surface area contributed by atoms with Crippen molar-refractivity contribution in [2.45, 2.75) is 122 Å². The number of esters is 2. The van der Waals surface area contributed by atoms with E-state index in [0.29, 0.717) is 69.1 Å². The Balaban J connectivity index is 1.40. The van der Waals surface area contributed by atoms with Crippen LogP contribution in [0.1, 0.15) is 116 Å². The van der Waals surface area contributed by atoms with Gasteiger partial charge in [0, 0.05) is 48.8 Å². The molecule has 0 aromatic heterocycles. The van der Waals surface area contributed by atoms with Crippen LogP contribution in [-0.4, -0.2) is 87.6 Å². The maximum Gasteiger partial charge on any atom is 0.330 e. The van der Waals surface area contributed by atoms with Gasteiger partial charge in [0.1, 0.15) is 17.6 Å². The normalized spacial score (nSPS) is 20.8. The number of hydrogen-bond donors (Lipinski definition) is 5. The van der Waals surface area contributed by atoms with Gasteiger partial charge in [0.25, 0.3) is 0 Å². The topological polar surface area (TPSA) is 202 Å². The predicted octanol–water partition coefficient (Wildman–Crippen LogP) is 8.55. The third-order valence-electron chi connectivity index (χ3n) is 11.5. The van der Waals surface area contributed by atoms with Crippen molar-refractivity contribution in [2.75, 3.05) is 46.1 Å². The van der Waals surface area contributed by atoms with Crippen molar-refractivity contribution in [3.8, 4) is 0 Å². The van der Waals surface area contributed by atoms with E-state index in [1.54, 1.807) is 0 Å². The molecule has 2 fully saturated rings. The van der Waals surface area contributed by atoms with Gasteiger partial charge in [-0.3, -0.25) is 21.0 Å². The first kappa shape index (κ1) is 51.4. The van der Waals surface area contributed by atoms with Gasteiger partial charge in [-0.25, -0.2) is 9.59 Å². The van der Waals surface area contributed by atoms with E-state index in [4.69, 9.17) is 44.6 Å². The fourth-order valence-corrected chi connectivity index (χ4v) is 7.68. The Morgan fingerprint density at radius 1 is 0.613 bits per heavy atom. The molecule has 0 spiro atoms. The summed E-state index contributed by atoms with van der Waals surface area (Å²) in [6.45, 7) is 17.9. The molecule has 0 heterocycles. The fraction of sp³-hybridized carbons (Fsp3) is 0.625. The number of unbranched alkanes of at least 4 members (excludes halogenated alkanes) is 6. The van der Waals surface area contributed by atoms with Crippen LogP contribution in [-0.2, 0) is 42.8 Å². The quantitative estimate of drug-likeness (QED) is 0.0112. The van der Waals surface area contributed by atoms with Gasteiger partial charge in [0.15, 0.2) is 23.5 Å². The standard InChI is InChI=1S/C48H73N5O9/c1-5-40(54)34-52-27-12-8-9-14-30-59-47(50)38-21-23-39(24-22-38)48(51)62-41-25-26-43(42(33-41)53-28-16-32-58-45(56)7-3)61-35(4)36-17-19-37(20-18-36)46(49)60-31-15-11-10-13-29-57-44(55)6-2/h5-7,26,33,36-39,41,49-53H,1-4,8-25,27-32,34H2. The van der Waals surface area contributed by atoms with Gasteiger partial charge in [-0.2, -0.15) is 0 Å². The Morgan fingerprint density at radius 2 is 1.10 bits per heavy atom. The molecule has 5 N–H and O–H groups in total. The van der Waals surface area contributed by atoms with Gasteiger partial charge in [0.2, 0.25) is 0 Å². The molecular formula is C48H73N5O9. The van der Waals surface area contributed by atoms with E-state index in [1.165, 1.54) is 12.2 Å². The number of carbonyl (C=O) groups is 3. The number of allylic oxidation sites excluding steroid dienone is 1. The van der Waals surface area contributed by atoms with Crippen molar-refractivity contribution < 1.29 is 42.8 Å². The predicted molar refractivity (Wildman–Crippen MR) is 242 cm³/mol. The molecule has 14 heteroatoms. The molecule has 14 nitrogen and oxygen atoms in total. The first-order valence-corrected chi connectivity index (χ1v) is 22.7. The summed E-state index contributed by atoms with van der Waals surface area (Å²) in [7, 11) is 0. The molecule has 0 saturated heterocycles. The second-order valence-electron chi connectivity index (χ2n) is 16.2. The van der Waals surface area contributed by atoms with Gasteiger partial charge in [0.05, 0.1) is 38.7 Å². The van der Waals surface area contributed by atoms with E-state index < -0.39 is 11.9 Å². The zero-order chi connectivity index (χ0) is 45.0. The first-order chi connectivity index (χ1) is 30.0. The number of ketones is 1. The monoisotopic (exact) mass is 864 g/mol. The maximum absolute atomic E-state index is 11.5. The molecule has 2 saturated carbocycles. The number of hydrogen-bond acceptors (Lipinski definition) is 14. The molecule has 3 rings (SSSR count). The minimum atomic E-state index is -0.465. The lowest BCUT2D eigenvalue weighted by Crippen LogP contribution is -2.31. The van der Waals surface area contributed by atoms with Crippen molar-refractivity contribution in [3.05, 3.63) is 73.9 Å². The highest BCUT2D eigenvalue weighted by molar-refractivity contribution is 5.90. The average molecular weight is 864 g/mol. The summed E-state index contributed by atoms with van der Waals surface area (Å²) < 4.78 is 34.4. The number of rotatable bonds is 31. The van der Waals surface area contributed by atoms with E-state index in [0.717, 1.165) is 121 Å². The summed E-state index contributed by atoms with van der Waals surface area (Å²) in [4.78, 5) is 33.9. The molecule has 0 amide bonds. The molecule has 344 valence electrons. The summed E-state index contributed by atoms with van der Waals surface area (Å²) in [5.74, 6) is 1.65. The molecule has 62 heavy (non-hydrogen) atoms. The van der Waals surface area contributed by atoms with Crippen molar-refractivity contribution in [2.24, 2.45) is 23.7 Å². The van der Waals surface area contributed by atoms with Crippen molar-refractivity contribution in [3.63, 3.8) is 0 Å². The van der Waals surface area contributed by atoms with Gasteiger partial charge in [-0.1, -0.05) is 39.2 Å². The van der Waals surface area contributed by atoms with Gasteiger partial charge in [-0.05, 0) is 121 Å². The van der Waals surface area contributed by atoms with Crippen LogP contribution < -0.4 is 10.6 Å². The lowest BCUT2D eigenvalue weighted by molar-refractivity contribution is -0.138. The molecule has 1 atom stereocenters. The molecule has 1 unspecified atom stereocenters. The number of nitrogens with one attached hydrogen (secondary N) is 5. The van der Waals surface area contributed by atoms with E-state index in [-0.39, 0.29) is 48.1 Å². The van der Waals surface area contributed by atoms with E-state index in [9.17, 15) is 14.4 Å². The third kappa shape index (κ3) is 20.3. The van der Waals surface area contributed by atoms with Crippen LogP contribution in [0.2, 0.25) is 0 Å². The van der Waals surface area contributed by atoms with Crippen LogP contribution >= 0.6 is 0 Å². The highest BCUT2D eigenvalue weighted by Gasteiger charge is 2.31. The Morgan fingerprint density at radius 3 is 1.63 bits per heavy atom. The van der Waals surface area contributed by atoms with Gasteiger partial charge in [-0.15, -0.1) is 0 Å². The average Bonchev–Trinajstić information content (AvgIpc) is 3.29. The van der Waals surface area contributed by atoms with E-state index >= 15 is 0 Å². The van der Waals surface area contributed by atoms with Gasteiger partial charge < -0.3 is 39.1 Å². The lowest BCUT2D eigenvalue weighted by Gasteiger charge is -2.32. The molecule has 3 aliphatic rings. The minimum absolute atomic E-state index is 0.000247. The second kappa shape index (κ2) is 30.1. The lowest BCUT2D eigenvalue weighted by atomic mass is 9.81. The number of carbonyl (C=O) groups excluding carboxylic acids is 3. The van der Waals surface area contributed by atoms with E-state index in [1.807, 2.05) is 12.2 Å². The highest BCUT2D eigenvalue weighted by atomic mass is 16.5. The molecule has 0 aromatic carbocycles. The zero-order valence-electron chi connectivity index (χ0n) is 37.0. The minimum Gasteiger partial charge on any atom is -0.481 e. The van der Waals surface area contributed by atoms with Crippen molar-refractivity contribution in [1.29, 1.82) is 16.2 Å². The fourth-order valence-electron chi connectivity index (χ4n) is 7.68. The summed E-state index contributed by atoms with van der Waals surface area (Å²) in [6, 6.07) is 0. The molecule has 0 aromatic rings. The molecule has 3 aliphatic carbocycles. The van der Waals surface area contributed by atoms with Crippen LogP contribution in [0.3, 0.4) is 0 Å². The SMILES string of the molecule is C=CC(=O)CNCCCCCCOC(=N)C1CCC(C(=N)OC2C=C(NCCCOC(=O)C=C)C(OC(=C)C3CCC(C(=N)OCCCCCCOC(=O)C=C)CC3)=CC2)CC1. The van der Waals surface area contributed by atoms with Gasteiger partial charge >= 0.3 is 11.9 Å². The summed E-state index contributed by atoms with van der Waals surface area (Å²) in [6.07, 6.45) is 22.1. The molecule has 0 aliphatic heterocycles.